The summed E-state index contributed by atoms with van der Waals surface area (Å²) >= 11 is 0. The molecule has 0 spiro atoms. The molecule has 5 heteroatoms. The maximum Gasteiger partial charge on any atom is 0.172 e. The fraction of sp³-hybridized carbons (Fsp3) is 0. The minimum Gasteiger partial charge on any atom is -0.397 e. The number of hydrogen-bond donors (Lipinski definition) is 2. The van der Waals surface area contributed by atoms with E-state index in [1.54, 1.807) is 24.5 Å². The Labute approximate surface area is 80.0 Å². The molecule has 0 radical (unpaired) electrons. The Hall–Kier alpha value is -2.04. The molecule has 0 bridgehead atoms. The second-order valence-corrected chi connectivity index (χ2v) is 2.87. The number of anilines is 2. The molecule has 2 rings (SSSR count). The first-order valence-corrected chi connectivity index (χ1v) is 4.02. The van der Waals surface area contributed by atoms with Crippen molar-refractivity contribution in [2.45, 2.75) is 0 Å². The minimum absolute atomic E-state index is 0.0313. The van der Waals surface area contributed by atoms with Crippen LogP contribution in [-0.2, 0) is 0 Å². The second-order valence-electron chi connectivity index (χ2n) is 2.87. The molecule has 4 nitrogen and oxygen atoms in total. The summed E-state index contributed by atoms with van der Waals surface area (Å²) < 4.78 is 15.1. The van der Waals surface area contributed by atoms with Crippen molar-refractivity contribution in [2.24, 2.45) is 0 Å². The second kappa shape index (κ2) is 3.02. The van der Waals surface area contributed by atoms with Crippen molar-refractivity contribution in [2.75, 3.05) is 11.5 Å². The maximum atomic E-state index is 13.6. The number of nitrogen functional groups attached to an aromatic ring is 2. The van der Waals surface area contributed by atoms with Crippen LogP contribution in [0.3, 0.4) is 0 Å². The molecule has 0 saturated heterocycles. The van der Waals surface area contributed by atoms with Crippen molar-refractivity contribution in [3.05, 3.63) is 36.7 Å². The Balaban J connectivity index is 2.61. The van der Waals surface area contributed by atoms with E-state index in [1.165, 1.54) is 10.9 Å². The van der Waals surface area contributed by atoms with Gasteiger partial charge in [0.05, 0.1) is 23.4 Å². The van der Waals surface area contributed by atoms with Gasteiger partial charge in [0.2, 0.25) is 0 Å². The molecule has 0 aliphatic heterocycles. The monoisotopic (exact) mass is 192 g/mol. The summed E-state index contributed by atoms with van der Waals surface area (Å²) in [4.78, 5) is 3.82. The predicted molar refractivity (Wildman–Crippen MR) is 52.3 cm³/mol. The Morgan fingerprint density at radius 2 is 2.07 bits per heavy atom. The number of hydrogen-bond acceptors (Lipinski definition) is 3. The highest BCUT2D eigenvalue weighted by molar-refractivity contribution is 5.67. The first-order valence-electron chi connectivity index (χ1n) is 4.02. The standard InChI is InChI=1S/C9H9FN4/c10-8-7(14-4-3-13-5-14)2-1-6(11)9(8)12/h1-5H,11-12H2. The SMILES string of the molecule is Nc1ccc(-n2ccnc2)c(F)c1N. The molecule has 4 N–H and O–H groups in total. The normalized spacial score (nSPS) is 10.4. The van der Waals surface area contributed by atoms with Crippen molar-refractivity contribution in [3.63, 3.8) is 0 Å². The highest BCUT2D eigenvalue weighted by Crippen LogP contribution is 2.24. The number of nitrogens with two attached hydrogens (primary N) is 2. The molecule has 2 aromatic rings. The number of rotatable bonds is 1. The molecular weight excluding hydrogens is 183 g/mol. The Morgan fingerprint density at radius 1 is 1.29 bits per heavy atom. The maximum absolute atomic E-state index is 13.6. The van der Waals surface area contributed by atoms with Crippen LogP contribution in [0.25, 0.3) is 5.69 Å². The molecule has 1 aromatic carbocycles. The minimum atomic E-state index is -0.525. The lowest BCUT2D eigenvalue weighted by molar-refractivity contribution is 0.623. The molecule has 0 atom stereocenters. The third-order valence-corrected chi connectivity index (χ3v) is 1.98. The van der Waals surface area contributed by atoms with Crippen LogP contribution in [0.15, 0.2) is 30.9 Å². The van der Waals surface area contributed by atoms with Crippen molar-refractivity contribution in [1.29, 1.82) is 0 Å². The first-order chi connectivity index (χ1) is 6.70. The van der Waals surface area contributed by atoms with Crippen LogP contribution in [0.5, 0.6) is 0 Å². The van der Waals surface area contributed by atoms with Gasteiger partial charge in [0.15, 0.2) is 5.82 Å². The van der Waals surface area contributed by atoms with E-state index in [0.29, 0.717) is 5.69 Å². The average molecular weight is 192 g/mol. The van der Waals surface area contributed by atoms with E-state index in [4.69, 9.17) is 11.5 Å². The summed E-state index contributed by atoms with van der Waals surface area (Å²) in [5, 5.41) is 0. The molecule has 0 amide bonds. The van der Waals surface area contributed by atoms with Crippen LogP contribution in [0.1, 0.15) is 0 Å². The number of aromatic nitrogens is 2. The van der Waals surface area contributed by atoms with Crippen molar-refractivity contribution >= 4 is 11.4 Å². The van der Waals surface area contributed by atoms with Gasteiger partial charge in [-0.1, -0.05) is 0 Å². The zero-order valence-electron chi connectivity index (χ0n) is 7.31. The highest BCUT2D eigenvalue weighted by atomic mass is 19.1. The third kappa shape index (κ3) is 1.19. The quantitative estimate of drug-likeness (QED) is 0.666. The summed E-state index contributed by atoms with van der Waals surface area (Å²) in [6.45, 7) is 0. The van der Waals surface area contributed by atoms with Gasteiger partial charge in [-0.25, -0.2) is 9.37 Å². The lowest BCUT2D eigenvalue weighted by atomic mass is 10.2. The first kappa shape index (κ1) is 8.55. The van der Waals surface area contributed by atoms with Gasteiger partial charge in [-0.05, 0) is 12.1 Å². The van der Waals surface area contributed by atoms with E-state index >= 15 is 0 Å². The molecule has 0 aliphatic rings. The molecule has 0 saturated carbocycles. The number of benzene rings is 1. The van der Waals surface area contributed by atoms with Crippen molar-refractivity contribution in [1.82, 2.24) is 9.55 Å². The Kier molecular flexibility index (Phi) is 1.85. The fourth-order valence-electron chi connectivity index (χ4n) is 1.20. The van der Waals surface area contributed by atoms with Gasteiger partial charge in [0.1, 0.15) is 0 Å². The fourth-order valence-corrected chi connectivity index (χ4v) is 1.20. The van der Waals surface area contributed by atoms with Crippen LogP contribution >= 0.6 is 0 Å². The molecule has 0 aliphatic carbocycles. The predicted octanol–water partition coefficient (Wildman–Crippen LogP) is 1.18. The summed E-state index contributed by atoms with van der Waals surface area (Å²) in [7, 11) is 0. The lowest BCUT2D eigenvalue weighted by Gasteiger charge is -2.07. The lowest BCUT2D eigenvalue weighted by Crippen LogP contribution is -2.03. The van der Waals surface area contributed by atoms with E-state index in [9.17, 15) is 4.39 Å². The van der Waals surface area contributed by atoms with Gasteiger partial charge in [-0.15, -0.1) is 0 Å². The molecule has 0 unspecified atom stereocenters. The number of halogens is 1. The summed E-state index contributed by atoms with van der Waals surface area (Å²) in [5.74, 6) is -0.525. The van der Waals surface area contributed by atoms with E-state index < -0.39 is 5.82 Å². The van der Waals surface area contributed by atoms with Crippen LogP contribution in [0.4, 0.5) is 15.8 Å². The highest BCUT2D eigenvalue weighted by Gasteiger charge is 2.09. The molecule has 1 aromatic heterocycles. The van der Waals surface area contributed by atoms with Crippen molar-refractivity contribution < 1.29 is 4.39 Å². The van der Waals surface area contributed by atoms with Gasteiger partial charge in [0, 0.05) is 12.4 Å². The van der Waals surface area contributed by atoms with Crippen LogP contribution in [0, 0.1) is 5.82 Å². The number of nitrogens with zero attached hydrogens (tertiary/aromatic N) is 2. The van der Waals surface area contributed by atoms with E-state index in [0.717, 1.165) is 0 Å². The van der Waals surface area contributed by atoms with Gasteiger partial charge in [-0.2, -0.15) is 0 Å². The van der Waals surface area contributed by atoms with Crippen LogP contribution < -0.4 is 11.5 Å². The van der Waals surface area contributed by atoms with Crippen LogP contribution in [0.2, 0.25) is 0 Å². The average Bonchev–Trinajstić information content (AvgIpc) is 2.67. The zero-order valence-corrected chi connectivity index (χ0v) is 7.31. The smallest absolute Gasteiger partial charge is 0.172 e. The summed E-state index contributed by atoms with van der Waals surface area (Å²) in [6.07, 6.45) is 4.69. The zero-order chi connectivity index (χ0) is 10.1. The summed E-state index contributed by atoms with van der Waals surface area (Å²) in [5.41, 5.74) is 11.5. The van der Waals surface area contributed by atoms with Crippen molar-refractivity contribution in [3.8, 4) is 5.69 Å². The van der Waals surface area contributed by atoms with Gasteiger partial charge in [-0.3, -0.25) is 0 Å². The molecular formula is C9H9FN4. The van der Waals surface area contributed by atoms with Gasteiger partial charge in [0.25, 0.3) is 0 Å². The van der Waals surface area contributed by atoms with E-state index in [1.807, 2.05) is 0 Å². The number of imidazole rings is 1. The Bertz CT molecular complexity index is 450. The van der Waals surface area contributed by atoms with Gasteiger partial charge >= 0.3 is 0 Å². The van der Waals surface area contributed by atoms with E-state index in [-0.39, 0.29) is 11.4 Å². The van der Waals surface area contributed by atoms with E-state index in [2.05, 4.69) is 4.98 Å². The molecule has 1 heterocycles. The molecule has 72 valence electrons. The summed E-state index contributed by atoms with van der Waals surface area (Å²) in [6, 6.07) is 3.12. The third-order valence-electron chi connectivity index (χ3n) is 1.98. The van der Waals surface area contributed by atoms with Crippen LogP contribution in [-0.4, -0.2) is 9.55 Å². The largest absolute Gasteiger partial charge is 0.397 e. The van der Waals surface area contributed by atoms with Gasteiger partial charge < -0.3 is 16.0 Å². The topological polar surface area (TPSA) is 69.9 Å². The molecule has 14 heavy (non-hydrogen) atoms. The molecule has 0 fully saturated rings. The Morgan fingerprint density at radius 3 is 2.71 bits per heavy atom.